The normalized spacial score (nSPS) is 16.0. The van der Waals surface area contributed by atoms with Gasteiger partial charge in [0.05, 0.1) is 11.1 Å². The summed E-state index contributed by atoms with van der Waals surface area (Å²) in [5.41, 5.74) is 7.00. The van der Waals surface area contributed by atoms with Crippen LogP contribution >= 0.6 is 0 Å². The standard InChI is InChI=1S/C16H20N4O2/c1-11-18-15(22-19-11)13-4-2-3-5-14(13)16(21)20-8-6-12(10-17)7-9-20/h2-5,12H,6-10,17H2,1H3. The van der Waals surface area contributed by atoms with Crippen LogP contribution in [0.25, 0.3) is 11.5 Å². The maximum Gasteiger partial charge on any atom is 0.258 e. The highest BCUT2D eigenvalue weighted by Crippen LogP contribution is 2.25. The van der Waals surface area contributed by atoms with Crippen molar-refractivity contribution in [2.75, 3.05) is 19.6 Å². The molecule has 116 valence electrons. The number of likely N-dealkylation sites (tertiary alicyclic amines) is 1. The van der Waals surface area contributed by atoms with E-state index in [2.05, 4.69) is 10.1 Å². The van der Waals surface area contributed by atoms with Gasteiger partial charge in [-0.15, -0.1) is 0 Å². The molecule has 6 heteroatoms. The topological polar surface area (TPSA) is 85.2 Å². The van der Waals surface area contributed by atoms with Crippen molar-refractivity contribution in [1.82, 2.24) is 15.0 Å². The maximum absolute atomic E-state index is 12.8. The van der Waals surface area contributed by atoms with Crippen LogP contribution in [0, 0.1) is 12.8 Å². The highest BCUT2D eigenvalue weighted by atomic mass is 16.5. The van der Waals surface area contributed by atoms with E-state index >= 15 is 0 Å². The van der Waals surface area contributed by atoms with Crippen LogP contribution in [0.5, 0.6) is 0 Å². The van der Waals surface area contributed by atoms with Gasteiger partial charge in [0.1, 0.15) is 0 Å². The molecule has 0 unspecified atom stereocenters. The maximum atomic E-state index is 12.8. The second-order valence-electron chi connectivity index (χ2n) is 5.66. The Morgan fingerprint density at radius 1 is 1.36 bits per heavy atom. The molecule has 1 amide bonds. The summed E-state index contributed by atoms with van der Waals surface area (Å²) >= 11 is 0. The van der Waals surface area contributed by atoms with Crippen molar-refractivity contribution < 1.29 is 9.32 Å². The molecule has 0 saturated carbocycles. The van der Waals surface area contributed by atoms with Crippen LogP contribution in [0.4, 0.5) is 0 Å². The summed E-state index contributed by atoms with van der Waals surface area (Å²) in [6.07, 6.45) is 1.92. The Kier molecular flexibility index (Phi) is 4.20. The zero-order valence-electron chi connectivity index (χ0n) is 12.7. The molecule has 2 N–H and O–H groups in total. The van der Waals surface area contributed by atoms with Gasteiger partial charge >= 0.3 is 0 Å². The number of hydrogen-bond acceptors (Lipinski definition) is 5. The SMILES string of the molecule is Cc1noc(-c2ccccc2C(=O)N2CCC(CN)CC2)n1. The van der Waals surface area contributed by atoms with E-state index in [1.807, 2.05) is 29.2 Å². The zero-order chi connectivity index (χ0) is 15.5. The van der Waals surface area contributed by atoms with Crippen molar-refractivity contribution in [3.8, 4) is 11.5 Å². The number of hydrogen-bond donors (Lipinski definition) is 1. The highest BCUT2D eigenvalue weighted by molar-refractivity contribution is 6.00. The highest BCUT2D eigenvalue weighted by Gasteiger charge is 2.25. The van der Waals surface area contributed by atoms with E-state index in [0.717, 1.165) is 25.9 Å². The third-order valence-corrected chi connectivity index (χ3v) is 4.15. The number of carbonyl (C=O) groups is 1. The predicted octanol–water partition coefficient (Wildman–Crippen LogP) is 1.86. The molecule has 1 aromatic carbocycles. The number of rotatable bonds is 3. The van der Waals surface area contributed by atoms with Crippen LogP contribution in [-0.4, -0.2) is 40.6 Å². The predicted molar refractivity (Wildman–Crippen MR) is 82.2 cm³/mol. The molecule has 0 radical (unpaired) electrons. The summed E-state index contributed by atoms with van der Waals surface area (Å²) in [5.74, 6) is 1.49. The van der Waals surface area contributed by atoms with E-state index < -0.39 is 0 Å². The molecule has 6 nitrogen and oxygen atoms in total. The van der Waals surface area contributed by atoms with Gasteiger partial charge in [-0.25, -0.2) is 0 Å². The fraction of sp³-hybridized carbons (Fsp3) is 0.438. The molecule has 1 saturated heterocycles. The Bertz CT molecular complexity index is 660. The molecule has 0 atom stereocenters. The molecule has 22 heavy (non-hydrogen) atoms. The van der Waals surface area contributed by atoms with Gasteiger partial charge in [-0.05, 0) is 44.4 Å². The molecule has 1 aromatic heterocycles. The summed E-state index contributed by atoms with van der Waals surface area (Å²) < 4.78 is 5.21. The van der Waals surface area contributed by atoms with Gasteiger partial charge in [0.25, 0.3) is 11.8 Å². The minimum absolute atomic E-state index is 0.0157. The molecule has 3 rings (SSSR count). The molecule has 0 aliphatic carbocycles. The zero-order valence-corrected chi connectivity index (χ0v) is 12.7. The third-order valence-electron chi connectivity index (χ3n) is 4.15. The fourth-order valence-corrected chi connectivity index (χ4v) is 2.80. The first-order valence-corrected chi connectivity index (χ1v) is 7.58. The number of amides is 1. The quantitative estimate of drug-likeness (QED) is 0.935. The Labute approximate surface area is 129 Å². The molecule has 0 spiro atoms. The molecule has 1 aliphatic rings. The minimum Gasteiger partial charge on any atom is -0.339 e. The second-order valence-corrected chi connectivity index (χ2v) is 5.66. The van der Waals surface area contributed by atoms with Gasteiger partial charge in [-0.1, -0.05) is 17.3 Å². The third kappa shape index (κ3) is 2.87. The second kappa shape index (κ2) is 6.27. The molecule has 0 bridgehead atoms. The average Bonchev–Trinajstić information content (AvgIpc) is 3.00. The lowest BCUT2D eigenvalue weighted by atomic mass is 9.96. The summed E-state index contributed by atoms with van der Waals surface area (Å²) in [5, 5.41) is 3.80. The van der Waals surface area contributed by atoms with E-state index in [-0.39, 0.29) is 5.91 Å². The van der Waals surface area contributed by atoms with Crippen molar-refractivity contribution in [2.24, 2.45) is 11.7 Å². The largest absolute Gasteiger partial charge is 0.339 e. The number of nitrogens with two attached hydrogens (primary N) is 1. The molecule has 2 aromatic rings. The number of piperidine rings is 1. The fourth-order valence-electron chi connectivity index (χ4n) is 2.80. The average molecular weight is 300 g/mol. The van der Waals surface area contributed by atoms with Crippen molar-refractivity contribution >= 4 is 5.91 Å². The van der Waals surface area contributed by atoms with Gasteiger partial charge in [0.15, 0.2) is 5.82 Å². The Balaban J connectivity index is 1.84. The van der Waals surface area contributed by atoms with Crippen LogP contribution in [-0.2, 0) is 0 Å². The van der Waals surface area contributed by atoms with Gasteiger partial charge in [0, 0.05) is 13.1 Å². The molecule has 2 heterocycles. The van der Waals surface area contributed by atoms with Crippen LogP contribution in [0.15, 0.2) is 28.8 Å². The van der Waals surface area contributed by atoms with Crippen LogP contribution in [0.3, 0.4) is 0 Å². The lowest BCUT2D eigenvalue weighted by Crippen LogP contribution is -2.40. The number of carbonyl (C=O) groups excluding carboxylic acids is 1. The number of benzene rings is 1. The van der Waals surface area contributed by atoms with Gasteiger partial charge in [-0.3, -0.25) is 4.79 Å². The summed E-state index contributed by atoms with van der Waals surface area (Å²) in [7, 11) is 0. The summed E-state index contributed by atoms with van der Waals surface area (Å²) in [6, 6.07) is 7.37. The van der Waals surface area contributed by atoms with Crippen molar-refractivity contribution in [3.63, 3.8) is 0 Å². The van der Waals surface area contributed by atoms with Crippen molar-refractivity contribution in [1.29, 1.82) is 0 Å². The monoisotopic (exact) mass is 300 g/mol. The summed E-state index contributed by atoms with van der Waals surface area (Å²) in [6.45, 7) is 3.95. The van der Waals surface area contributed by atoms with E-state index in [9.17, 15) is 4.79 Å². The number of aryl methyl sites for hydroxylation is 1. The smallest absolute Gasteiger partial charge is 0.258 e. The minimum atomic E-state index is 0.0157. The lowest BCUT2D eigenvalue weighted by Gasteiger charge is -2.31. The van der Waals surface area contributed by atoms with Gasteiger partial charge < -0.3 is 15.2 Å². The van der Waals surface area contributed by atoms with E-state index in [1.54, 1.807) is 6.92 Å². The van der Waals surface area contributed by atoms with Crippen LogP contribution in [0.1, 0.15) is 29.0 Å². The van der Waals surface area contributed by atoms with Crippen molar-refractivity contribution in [3.05, 3.63) is 35.7 Å². The lowest BCUT2D eigenvalue weighted by molar-refractivity contribution is 0.0694. The van der Waals surface area contributed by atoms with Gasteiger partial charge in [0.2, 0.25) is 0 Å². The van der Waals surface area contributed by atoms with E-state index in [4.69, 9.17) is 10.3 Å². The first-order chi connectivity index (χ1) is 10.7. The molecule has 1 aliphatic heterocycles. The first kappa shape index (κ1) is 14.7. The Hall–Kier alpha value is -2.21. The van der Waals surface area contributed by atoms with E-state index in [1.165, 1.54) is 0 Å². The van der Waals surface area contributed by atoms with Crippen LogP contribution in [0.2, 0.25) is 0 Å². The number of aromatic nitrogens is 2. The van der Waals surface area contributed by atoms with Crippen LogP contribution < -0.4 is 5.73 Å². The Morgan fingerprint density at radius 2 is 2.09 bits per heavy atom. The number of nitrogens with zero attached hydrogens (tertiary/aromatic N) is 3. The molecular formula is C16H20N4O2. The summed E-state index contributed by atoms with van der Waals surface area (Å²) in [4.78, 5) is 18.9. The van der Waals surface area contributed by atoms with E-state index in [0.29, 0.717) is 35.3 Å². The van der Waals surface area contributed by atoms with Crippen molar-refractivity contribution in [2.45, 2.75) is 19.8 Å². The first-order valence-electron chi connectivity index (χ1n) is 7.58. The molecule has 1 fully saturated rings. The van der Waals surface area contributed by atoms with Gasteiger partial charge in [-0.2, -0.15) is 4.98 Å². The molecular weight excluding hydrogens is 280 g/mol. The Morgan fingerprint density at radius 3 is 2.73 bits per heavy atom.